The molecule has 0 unspecified atom stereocenters. The summed E-state index contributed by atoms with van der Waals surface area (Å²) < 4.78 is 37.3. The van der Waals surface area contributed by atoms with Gasteiger partial charge < -0.3 is 5.32 Å². The van der Waals surface area contributed by atoms with Gasteiger partial charge in [0.05, 0.1) is 16.3 Å². The maximum Gasteiger partial charge on any atom is 0.416 e. The first-order valence-corrected chi connectivity index (χ1v) is 8.03. The van der Waals surface area contributed by atoms with Crippen molar-refractivity contribution in [3.05, 3.63) is 64.7 Å². The maximum atomic E-state index is 12.4. The van der Waals surface area contributed by atoms with Crippen molar-refractivity contribution in [1.82, 2.24) is 5.32 Å². The van der Waals surface area contributed by atoms with E-state index >= 15 is 0 Å². The fourth-order valence-corrected chi connectivity index (χ4v) is 2.84. The molecule has 0 bridgehead atoms. The molecule has 2 aromatic carbocycles. The molecule has 1 amide bonds. The molecule has 1 N–H and O–H groups in total. The summed E-state index contributed by atoms with van der Waals surface area (Å²) in [6.45, 7) is 0.181. The predicted octanol–water partition coefficient (Wildman–Crippen LogP) is 4.77. The lowest BCUT2D eigenvalue weighted by Crippen LogP contribution is -2.24. The van der Waals surface area contributed by atoms with Gasteiger partial charge in [0.1, 0.15) is 0 Å². The van der Waals surface area contributed by atoms with Gasteiger partial charge in [-0.2, -0.15) is 13.2 Å². The van der Waals surface area contributed by atoms with E-state index in [-0.39, 0.29) is 18.2 Å². The zero-order valence-corrected chi connectivity index (χ0v) is 13.4. The molecule has 2 aromatic rings. The quantitative estimate of drug-likeness (QED) is 0.779. The van der Waals surface area contributed by atoms with Crippen LogP contribution in [0.1, 0.15) is 11.1 Å². The van der Waals surface area contributed by atoms with Gasteiger partial charge in [0.25, 0.3) is 0 Å². The van der Waals surface area contributed by atoms with Crippen LogP contribution in [0, 0.1) is 0 Å². The largest absolute Gasteiger partial charge is 0.416 e. The second kappa shape index (κ2) is 7.75. The smallest absolute Gasteiger partial charge is 0.351 e. The Morgan fingerprint density at radius 2 is 1.74 bits per heavy atom. The summed E-state index contributed by atoms with van der Waals surface area (Å²) >= 11 is 7.29. The standard InChI is InChI=1S/C16H13ClF3NOS/c17-13-3-1-2-4-14(13)23-10-15(22)21-9-11-5-7-12(8-6-11)16(18,19)20/h1-8H,9-10H2,(H,21,22). The van der Waals surface area contributed by atoms with E-state index in [4.69, 9.17) is 11.6 Å². The predicted molar refractivity (Wildman–Crippen MR) is 85.5 cm³/mol. The normalized spacial score (nSPS) is 11.3. The molecule has 122 valence electrons. The van der Waals surface area contributed by atoms with Crippen molar-refractivity contribution in [3.8, 4) is 0 Å². The minimum Gasteiger partial charge on any atom is -0.351 e. The third kappa shape index (κ3) is 5.48. The lowest BCUT2D eigenvalue weighted by Gasteiger charge is -2.09. The van der Waals surface area contributed by atoms with E-state index < -0.39 is 11.7 Å². The van der Waals surface area contributed by atoms with Crippen LogP contribution in [0.15, 0.2) is 53.4 Å². The molecule has 0 aromatic heterocycles. The monoisotopic (exact) mass is 359 g/mol. The zero-order chi connectivity index (χ0) is 16.9. The molecule has 0 aliphatic rings. The van der Waals surface area contributed by atoms with E-state index in [1.165, 1.54) is 23.9 Å². The molecule has 0 aliphatic heterocycles. The van der Waals surface area contributed by atoms with E-state index in [9.17, 15) is 18.0 Å². The van der Waals surface area contributed by atoms with Gasteiger partial charge >= 0.3 is 6.18 Å². The van der Waals surface area contributed by atoms with Crippen LogP contribution >= 0.6 is 23.4 Å². The molecular formula is C16H13ClF3NOS. The van der Waals surface area contributed by atoms with Crippen LogP contribution in [0.25, 0.3) is 0 Å². The Kier molecular flexibility index (Phi) is 5.96. The molecule has 2 nitrogen and oxygen atoms in total. The van der Waals surface area contributed by atoms with Gasteiger partial charge in [0.15, 0.2) is 0 Å². The Balaban J connectivity index is 1.81. The number of alkyl halides is 3. The lowest BCUT2D eigenvalue weighted by atomic mass is 10.1. The average molecular weight is 360 g/mol. The first-order valence-electron chi connectivity index (χ1n) is 6.66. The SMILES string of the molecule is O=C(CSc1ccccc1Cl)NCc1ccc(C(F)(F)F)cc1. The van der Waals surface area contributed by atoms with E-state index in [2.05, 4.69) is 5.32 Å². The highest BCUT2D eigenvalue weighted by Gasteiger charge is 2.29. The highest BCUT2D eigenvalue weighted by Crippen LogP contribution is 2.29. The highest BCUT2D eigenvalue weighted by atomic mass is 35.5. The first-order chi connectivity index (χ1) is 10.9. The van der Waals surface area contributed by atoms with Crippen molar-refractivity contribution < 1.29 is 18.0 Å². The highest BCUT2D eigenvalue weighted by molar-refractivity contribution is 8.00. The van der Waals surface area contributed by atoms with Crippen molar-refractivity contribution in [2.45, 2.75) is 17.6 Å². The summed E-state index contributed by atoms with van der Waals surface area (Å²) in [5.74, 6) is -0.0282. The molecule has 2 rings (SSSR count). The van der Waals surface area contributed by atoms with Gasteiger partial charge in [-0.05, 0) is 29.8 Å². The van der Waals surface area contributed by atoms with Gasteiger partial charge in [-0.15, -0.1) is 11.8 Å². The topological polar surface area (TPSA) is 29.1 Å². The maximum absolute atomic E-state index is 12.4. The Labute approximate surface area is 141 Å². The number of hydrogen-bond acceptors (Lipinski definition) is 2. The van der Waals surface area contributed by atoms with Crippen molar-refractivity contribution >= 4 is 29.3 Å². The van der Waals surface area contributed by atoms with Gasteiger partial charge in [-0.1, -0.05) is 35.9 Å². The van der Waals surface area contributed by atoms with Gasteiger partial charge in [0, 0.05) is 11.4 Å². The molecule has 0 heterocycles. The molecule has 0 radical (unpaired) electrons. The van der Waals surface area contributed by atoms with Crippen LogP contribution in [0.2, 0.25) is 5.02 Å². The van der Waals surface area contributed by atoms with E-state index in [1.807, 2.05) is 12.1 Å². The van der Waals surface area contributed by atoms with Crippen LogP contribution in [-0.2, 0) is 17.5 Å². The van der Waals surface area contributed by atoms with E-state index in [0.29, 0.717) is 10.6 Å². The number of rotatable bonds is 5. The molecule has 0 atom stereocenters. The fraction of sp³-hybridized carbons (Fsp3) is 0.188. The first kappa shape index (κ1) is 17.7. The van der Waals surface area contributed by atoms with Crippen LogP contribution in [0.5, 0.6) is 0 Å². The summed E-state index contributed by atoms with van der Waals surface area (Å²) in [5, 5.41) is 3.24. The summed E-state index contributed by atoms with van der Waals surface area (Å²) in [5.41, 5.74) is -0.101. The molecule has 0 saturated carbocycles. The van der Waals surface area contributed by atoms with Crippen LogP contribution in [-0.4, -0.2) is 11.7 Å². The van der Waals surface area contributed by atoms with Crippen molar-refractivity contribution in [1.29, 1.82) is 0 Å². The minimum atomic E-state index is -4.35. The van der Waals surface area contributed by atoms with Crippen molar-refractivity contribution in [3.63, 3.8) is 0 Å². The fourth-order valence-electron chi connectivity index (χ4n) is 1.77. The molecule has 7 heteroatoms. The molecule has 0 aliphatic carbocycles. The number of carbonyl (C=O) groups excluding carboxylic acids is 1. The second-order valence-electron chi connectivity index (χ2n) is 4.69. The number of benzene rings is 2. The molecule has 23 heavy (non-hydrogen) atoms. The second-order valence-corrected chi connectivity index (χ2v) is 6.11. The minimum absolute atomic E-state index is 0.181. The van der Waals surface area contributed by atoms with Gasteiger partial charge in [-0.25, -0.2) is 0 Å². The van der Waals surface area contributed by atoms with Crippen molar-refractivity contribution in [2.75, 3.05) is 5.75 Å². The summed E-state index contributed by atoms with van der Waals surface area (Å²) in [6.07, 6.45) is -4.35. The van der Waals surface area contributed by atoms with Crippen LogP contribution in [0.3, 0.4) is 0 Å². The summed E-state index contributed by atoms with van der Waals surface area (Å²) in [4.78, 5) is 12.6. The zero-order valence-electron chi connectivity index (χ0n) is 11.9. The van der Waals surface area contributed by atoms with Crippen LogP contribution in [0.4, 0.5) is 13.2 Å². The Morgan fingerprint density at radius 3 is 2.35 bits per heavy atom. The number of thioether (sulfide) groups is 1. The van der Waals surface area contributed by atoms with Crippen molar-refractivity contribution in [2.24, 2.45) is 0 Å². The molecule has 0 spiro atoms. The number of carbonyl (C=O) groups is 1. The Morgan fingerprint density at radius 1 is 1.09 bits per heavy atom. The number of nitrogens with one attached hydrogen (secondary N) is 1. The average Bonchev–Trinajstić information content (AvgIpc) is 2.51. The molecule has 0 fully saturated rings. The Bertz CT molecular complexity index is 674. The summed E-state index contributed by atoms with van der Waals surface area (Å²) in [7, 11) is 0. The van der Waals surface area contributed by atoms with E-state index in [1.54, 1.807) is 12.1 Å². The number of hydrogen-bond donors (Lipinski definition) is 1. The van der Waals surface area contributed by atoms with E-state index in [0.717, 1.165) is 17.0 Å². The summed E-state index contributed by atoms with van der Waals surface area (Å²) in [6, 6.07) is 11.9. The molecule has 0 saturated heterocycles. The third-order valence-electron chi connectivity index (χ3n) is 2.97. The number of halogens is 4. The third-order valence-corrected chi connectivity index (χ3v) is 4.48. The van der Waals surface area contributed by atoms with Gasteiger partial charge in [0.2, 0.25) is 5.91 Å². The van der Waals surface area contributed by atoms with Crippen LogP contribution < -0.4 is 5.32 Å². The van der Waals surface area contributed by atoms with Gasteiger partial charge in [-0.3, -0.25) is 4.79 Å². The molecular weight excluding hydrogens is 347 g/mol. The lowest BCUT2D eigenvalue weighted by molar-refractivity contribution is -0.137. The Hall–Kier alpha value is -1.66. The number of amides is 1.